The van der Waals surface area contributed by atoms with Gasteiger partial charge < -0.3 is 9.84 Å². The highest BCUT2D eigenvalue weighted by Gasteiger charge is 2.70. The Balaban J connectivity index is 1.30. The van der Waals surface area contributed by atoms with E-state index in [1.165, 1.54) is 4.90 Å². The molecule has 0 spiro atoms. The standard InChI is InChI=1S/C40H31Cl2F3N4O6/c41-24-10-8-22(9-11-24)39-30(36(52)49(38(39)54)47-34-31(42)18-23(20-46-34)40(43,44)45)19-29-27(33(39)21-6-12-26(13-7-21)55-17-16-50)14-15-28-32(29)37(53)48(35(28)51)25-4-2-1-3-5-25/h1-14,18,20,28-30,32-33,50H,15-17,19H2,(H,46,47). The van der Waals surface area contributed by atoms with Gasteiger partial charge in [0.2, 0.25) is 11.8 Å². The Morgan fingerprint density at radius 2 is 1.62 bits per heavy atom. The highest BCUT2D eigenvalue weighted by molar-refractivity contribution is 6.33. The normalized spacial score (nSPS) is 26.1. The molecule has 3 aromatic carbocycles. The first kappa shape index (κ1) is 36.7. The van der Waals surface area contributed by atoms with E-state index >= 15 is 4.79 Å². The SMILES string of the molecule is O=C1C2CC3C(=CCC4C(=O)N(c5ccccc5)C(=O)C43)C(c3ccc(OCCO)cc3)C2(c2ccc(Cl)cc2)C(=O)N1Nc1ncc(C(F)(F)F)cc1Cl. The highest BCUT2D eigenvalue weighted by Crippen LogP contribution is 2.64. The van der Waals surface area contributed by atoms with Crippen molar-refractivity contribution < 1.29 is 42.2 Å². The largest absolute Gasteiger partial charge is 0.491 e. The number of ether oxygens (including phenoxy) is 1. The summed E-state index contributed by atoms with van der Waals surface area (Å²) in [5.41, 5.74) is 1.98. The van der Waals surface area contributed by atoms with Gasteiger partial charge in [0.05, 0.1) is 46.0 Å². The number of hydrogen-bond donors (Lipinski definition) is 2. The van der Waals surface area contributed by atoms with Gasteiger partial charge in [-0.3, -0.25) is 29.5 Å². The summed E-state index contributed by atoms with van der Waals surface area (Å²) >= 11 is 12.6. The number of benzene rings is 3. The topological polar surface area (TPSA) is 129 Å². The molecule has 2 N–H and O–H groups in total. The first-order valence-corrected chi connectivity index (χ1v) is 18.2. The van der Waals surface area contributed by atoms with Crippen LogP contribution in [0.25, 0.3) is 0 Å². The number of nitrogens with zero attached hydrogens (tertiary/aromatic N) is 3. The Hall–Kier alpha value is -5.24. The molecular weight excluding hydrogens is 760 g/mol. The third-order valence-electron chi connectivity index (χ3n) is 11.1. The van der Waals surface area contributed by atoms with Crippen LogP contribution in [0.1, 0.15) is 35.4 Å². The van der Waals surface area contributed by atoms with Crippen LogP contribution in [0.3, 0.4) is 0 Å². The predicted molar refractivity (Wildman–Crippen MR) is 195 cm³/mol. The fourth-order valence-corrected chi connectivity index (χ4v) is 9.24. The molecule has 2 aliphatic carbocycles. The number of nitrogens with one attached hydrogen (secondary N) is 1. The Bertz CT molecular complexity index is 2240. The molecule has 4 aromatic rings. The number of allylic oxidation sites excluding steroid dienone is 2. The Morgan fingerprint density at radius 1 is 0.909 bits per heavy atom. The fraction of sp³-hybridized carbons (Fsp3) is 0.275. The van der Waals surface area contributed by atoms with Crippen LogP contribution < -0.4 is 15.1 Å². The summed E-state index contributed by atoms with van der Waals surface area (Å²) in [6, 6.07) is 22.6. The van der Waals surface area contributed by atoms with E-state index in [1.54, 1.807) is 78.9 Å². The zero-order valence-corrected chi connectivity index (χ0v) is 30.2. The number of para-hydroxylation sites is 1. The van der Waals surface area contributed by atoms with Crippen LogP contribution in [-0.4, -0.2) is 51.9 Å². The molecule has 55 heavy (non-hydrogen) atoms. The minimum absolute atomic E-state index is 0.0115. The van der Waals surface area contributed by atoms with Gasteiger partial charge in [0, 0.05) is 17.1 Å². The van der Waals surface area contributed by atoms with E-state index in [2.05, 4.69) is 10.4 Å². The molecule has 1 saturated carbocycles. The monoisotopic (exact) mass is 790 g/mol. The molecule has 3 fully saturated rings. The zero-order valence-electron chi connectivity index (χ0n) is 28.7. The lowest BCUT2D eigenvalue weighted by Crippen LogP contribution is -2.53. The molecule has 10 nitrogen and oxygen atoms in total. The summed E-state index contributed by atoms with van der Waals surface area (Å²) in [6.07, 6.45) is -2.10. The molecule has 3 heterocycles. The number of amides is 4. The van der Waals surface area contributed by atoms with Crippen molar-refractivity contribution in [2.45, 2.75) is 30.4 Å². The third-order valence-corrected chi connectivity index (χ3v) is 11.7. The van der Waals surface area contributed by atoms with Crippen molar-refractivity contribution >= 4 is 58.3 Å². The van der Waals surface area contributed by atoms with Gasteiger partial charge in [-0.1, -0.05) is 77.3 Å². The summed E-state index contributed by atoms with van der Waals surface area (Å²) in [6.45, 7) is -0.176. The van der Waals surface area contributed by atoms with Gasteiger partial charge in [-0.15, -0.1) is 0 Å². The van der Waals surface area contributed by atoms with Crippen LogP contribution in [0.2, 0.25) is 10.0 Å². The maximum atomic E-state index is 15.3. The zero-order chi connectivity index (χ0) is 38.8. The number of anilines is 2. The fourth-order valence-electron chi connectivity index (χ4n) is 8.91. The molecule has 2 aliphatic heterocycles. The quantitative estimate of drug-likeness (QED) is 0.145. The first-order chi connectivity index (χ1) is 26.4. The minimum Gasteiger partial charge on any atom is -0.491 e. The van der Waals surface area contributed by atoms with Gasteiger partial charge in [0.25, 0.3) is 11.8 Å². The summed E-state index contributed by atoms with van der Waals surface area (Å²) in [5.74, 6) is -6.37. The average Bonchev–Trinajstić information content (AvgIpc) is 3.55. The predicted octanol–water partition coefficient (Wildman–Crippen LogP) is 6.97. The van der Waals surface area contributed by atoms with Gasteiger partial charge >= 0.3 is 6.18 Å². The van der Waals surface area contributed by atoms with Gasteiger partial charge in [0.15, 0.2) is 5.82 Å². The number of alkyl halides is 3. The van der Waals surface area contributed by atoms with E-state index in [-0.39, 0.29) is 37.8 Å². The van der Waals surface area contributed by atoms with Crippen molar-refractivity contribution in [2.24, 2.45) is 23.7 Å². The van der Waals surface area contributed by atoms with Crippen LogP contribution in [-0.2, 0) is 30.8 Å². The minimum atomic E-state index is -4.75. The van der Waals surface area contributed by atoms with Crippen LogP contribution in [0.4, 0.5) is 24.7 Å². The number of carbonyl (C=O) groups excluding carboxylic acids is 4. The molecule has 0 radical (unpaired) electrons. The van der Waals surface area contributed by atoms with Crippen molar-refractivity contribution in [2.75, 3.05) is 23.5 Å². The van der Waals surface area contributed by atoms with E-state index in [4.69, 9.17) is 27.9 Å². The smallest absolute Gasteiger partial charge is 0.417 e. The van der Waals surface area contributed by atoms with E-state index < -0.39 is 69.5 Å². The summed E-state index contributed by atoms with van der Waals surface area (Å²) in [7, 11) is 0. The number of aliphatic hydroxyl groups excluding tert-OH is 1. The van der Waals surface area contributed by atoms with Crippen molar-refractivity contribution in [1.29, 1.82) is 0 Å². The number of rotatable bonds is 8. The second-order valence-corrected chi connectivity index (χ2v) is 14.8. The molecule has 15 heteroatoms. The maximum Gasteiger partial charge on any atom is 0.417 e. The molecular formula is C40H31Cl2F3N4O6. The number of pyridine rings is 1. The van der Waals surface area contributed by atoms with E-state index in [9.17, 15) is 32.7 Å². The van der Waals surface area contributed by atoms with Gasteiger partial charge in [-0.05, 0) is 72.4 Å². The molecule has 8 rings (SSSR count). The number of hydrogen-bond acceptors (Lipinski definition) is 8. The number of halogens is 5. The maximum absolute atomic E-state index is 15.3. The van der Waals surface area contributed by atoms with E-state index in [1.807, 2.05) is 6.08 Å². The van der Waals surface area contributed by atoms with Crippen molar-refractivity contribution in [3.8, 4) is 5.75 Å². The molecule has 2 saturated heterocycles. The molecule has 0 bridgehead atoms. The second-order valence-electron chi connectivity index (χ2n) is 13.9. The number of carbonyl (C=O) groups is 4. The van der Waals surface area contributed by atoms with E-state index in [0.29, 0.717) is 45.4 Å². The Labute approximate surface area is 322 Å². The summed E-state index contributed by atoms with van der Waals surface area (Å²) in [4.78, 5) is 63.5. The van der Waals surface area contributed by atoms with Crippen molar-refractivity contribution in [1.82, 2.24) is 9.99 Å². The van der Waals surface area contributed by atoms with Gasteiger partial charge in [0.1, 0.15) is 12.4 Å². The molecule has 1 aromatic heterocycles. The summed E-state index contributed by atoms with van der Waals surface area (Å²) < 4.78 is 46.1. The second kappa shape index (κ2) is 13.8. The molecule has 4 aliphatic rings. The number of aliphatic hydroxyl groups is 1. The van der Waals surface area contributed by atoms with Gasteiger partial charge in [-0.2, -0.15) is 18.2 Å². The number of imide groups is 2. The third kappa shape index (κ3) is 5.87. The molecule has 282 valence electrons. The molecule has 6 unspecified atom stereocenters. The molecule has 4 amide bonds. The lowest BCUT2D eigenvalue weighted by molar-refractivity contribution is -0.139. The van der Waals surface area contributed by atoms with Crippen molar-refractivity contribution in [3.63, 3.8) is 0 Å². The number of hydrazine groups is 1. The Kier molecular flexibility index (Phi) is 9.22. The van der Waals surface area contributed by atoms with Crippen LogP contribution in [0, 0.1) is 23.7 Å². The van der Waals surface area contributed by atoms with Crippen molar-refractivity contribution in [3.05, 3.63) is 130 Å². The van der Waals surface area contributed by atoms with Crippen LogP contribution in [0.5, 0.6) is 5.75 Å². The van der Waals surface area contributed by atoms with Gasteiger partial charge in [-0.25, -0.2) is 4.98 Å². The lowest BCUT2D eigenvalue weighted by atomic mass is 9.49. The number of fused-ring (bicyclic) bond motifs is 4. The average molecular weight is 792 g/mol. The number of aromatic nitrogens is 1. The summed E-state index contributed by atoms with van der Waals surface area (Å²) in [5, 5.41) is 9.96. The molecule has 6 atom stereocenters. The Morgan fingerprint density at radius 3 is 2.27 bits per heavy atom. The van der Waals surface area contributed by atoms with E-state index in [0.717, 1.165) is 5.01 Å². The van der Waals surface area contributed by atoms with Crippen LogP contribution >= 0.6 is 23.2 Å². The highest BCUT2D eigenvalue weighted by atomic mass is 35.5. The first-order valence-electron chi connectivity index (χ1n) is 17.5. The lowest BCUT2D eigenvalue weighted by Gasteiger charge is -2.50. The van der Waals surface area contributed by atoms with Crippen LogP contribution in [0.15, 0.2) is 103 Å².